The summed E-state index contributed by atoms with van der Waals surface area (Å²) >= 11 is 0. The second-order valence-electron chi connectivity index (χ2n) is 8.32. The number of carbonyl (C=O) groups excluding carboxylic acids is 1. The van der Waals surface area contributed by atoms with Gasteiger partial charge in [-0.3, -0.25) is 14.7 Å². The lowest BCUT2D eigenvalue weighted by atomic mass is 9.79. The van der Waals surface area contributed by atoms with Gasteiger partial charge in [0, 0.05) is 58.3 Å². The highest BCUT2D eigenvalue weighted by Crippen LogP contribution is 2.38. The van der Waals surface area contributed by atoms with Gasteiger partial charge >= 0.3 is 0 Å². The van der Waals surface area contributed by atoms with Crippen LogP contribution in [0.2, 0.25) is 0 Å². The normalized spacial score (nSPS) is 24.9. The number of likely N-dealkylation sites (tertiary alicyclic amines) is 2. The van der Waals surface area contributed by atoms with Crippen molar-refractivity contribution in [1.82, 2.24) is 14.8 Å². The fraction of sp³-hybridized carbons (Fsp3) is 0.714. The largest absolute Gasteiger partial charge is 0.372 e. The molecule has 3 aliphatic heterocycles. The van der Waals surface area contributed by atoms with Gasteiger partial charge in [0.15, 0.2) is 0 Å². The third kappa shape index (κ3) is 4.86. The van der Waals surface area contributed by atoms with Gasteiger partial charge < -0.3 is 14.4 Å². The Morgan fingerprint density at radius 3 is 2.81 bits per heavy atom. The third-order valence-electron chi connectivity index (χ3n) is 6.13. The van der Waals surface area contributed by atoms with Gasteiger partial charge in [-0.05, 0) is 55.7 Å². The van der Waals surface area contributed by atoms with E-state index in [0.29, 0.717) is 12.5 Å². The van der Waals surface area contributed by atoms with E-state index >= 15 is 0 Å². The smallest absolute Gasteiger partial charge is 0.248 e. The van der Waals surface area contributed by atoms with Crippen LogP contribution >= 0.6 is 0 Å². The van der Waals surface area contributed by atoms with Crippen molar-refractivity contribution in [3.63, 3.8) is 0 Å². The number of hydrogen-bond acceptors (Lipinski definition) is 5. The van der Waals surface area contributed by atoms with E-state index in [0.717, 1.165) is 71.4 Å². The molecule has 1 spiro atoms. The minimum atomic E-state index is 0.0430. The Morgan fingerprint density at radius 1 is 1.26 bits per heavy atom. The van der Waals surface area contributed by atoms with E-state index in [9.17, 15) is 4.79 Å². The highest BCUT2D eigenvalue weighted by Gasteiger charge is 2.47. The summed E-state index contributed by atoms with van der Waals surface area (Å²) < 4.78 is 11.8. The van der Waals surface area contributed by atoms with Gasteiger partial charge in [-0.15, -0.1) is 0 Å². The molecule has 4 rings (SSSR count). The number of nitrogens with zero attached hydrogens (tertiary/aromatic N) is 3. The molecule has 1 aromatic rings. The maximum atomic E-state index is 12.0. The van der Waals surface area contributed by atoms with Crippen LogP contribution in [0.15, 0.2) is 24.5 Å². The Kier molecular flexibility index (Phi) is 6.05. The summed E-state index contributed by atoms with van der Waals surface area (Å²) in [6.07, 6.45) is 9.22. The predicted molar refractivity (Wildman–Crippen MR) is 102 cm³/mol. The summed E-state index contributed by atoms with van der Waals surface area (Å²) in [6.45, 7) is 6.58. The molecule has 0 aliphatic carbocycles. The number of pyridine rings is 1. The molecular formula is C21H31N3O3. The van der Waals surface area contributed by atoms with Gasteiger partial charge in [0.2, 0.25) is 5.91 Å². The van der Waals surface area contributed by atoms with Crippen LogP contribution in [0.1, 0.15) is 37.7 Å². The van der Waals surface area contributed by atoms with E-state index < -0.39 is 0 Å². The summed E-state index contributed by atoms with van der Waals surface area (Å²) in [5, 5.41) is 0. The van der Waals surface area contributed by atoms with Crippen molar-refractivity contribution in [2.24, 2.45) is 5.92 Å². The zero-order valence-corrected chi connectivity index (χ0v) is 16.1. The Bertz CT molecular complexity index is 612. The molecule has 1 unspecified atom stereocenters. The SMILES string of the molecule is O=C(COCCC1CCOC2(C1)CN(Cc1ccncc1)C2)N1CCCC1. The molecule has 0 bridgehead atoms. The lowest BCUT2D eigenvalue weighted by Crippen LogP contribution is -2.64. The fourth-order valence-corrected chi connectivity index (χ4v) is 4.69. The molecule has 3 saturated heterocycles. The molecule has 1 aromatic heterocycles. The number of ether oxygens (including phenoxy) is 2. The van der Waals surface area contributed by atoms with Crippen LogP contribution in [0.4, 0.5) is 0 Å². The van der Waals surface area contributed by atoms with Crippen LogP contribution < -0.4 is 0 Å². The molecule has 0 aromatic carbocycles. The highest BCUT2D eigenvalue weighted by molar-refractivity contribution is 5.77. The Balaban J connectivity index is 1.14. The van der Waals surface area contributed by atoms with Crippen molar-refractivity contribution < 1.29 is 14.3 Å². The predicted octanol–water partition coefficient (Wildman–Crippen LogP) is 2.09. The van der Waals surface area contributed by atoms with Crippen LogP contribution in [0, 0.1) is 5.92 Å². The van der Waals surface area contributed by atoms with Gasteiger partial charge in [-0.2, -0.15) is 0 Å². The van der Waals surface area contributed by atoms with Gasteiger partial charge in [-0.1, -0.05) is 0 Å². The Morgan fingerprint density at radius 2 is 2.04 bits per heavy atom. The molecule has 1 atom stereocenters. The van der Waals surface area contributed by atoms with Gasteiger partial charge in [0.25, 0.3) is 0 Å². The third-order valence-corrected chi connectivity index (χ3v) is 6.13. The van der Waals surface area contributed by atoms with Crippen molar-refractivity contribution in [2.75, 3.05) is 46.0 Å². The number of amides is 1. The molecule has 3 fully saturated rings. The van der Waals surface area contributed by atoms with Crippen LogP contribution in [0.25, 0.3) is 0 Å². The lowest BCUT2D eigenvalue weighted by Gasteiger charge is -2.53. The summed E-state index contributed by atoms with van der Waals surface area (Å²) in [5.41, 5.74) is 1.35. The highest BCUT2D eigenvalue weighted by atomic mass is 16.5. The average Bonchev–Trinajstić information content (AvgIpc) is 3.20. The number of rotatable bonds is 7. The first-order valence-electron chi connectivity index (χ1n) is 10.3. The monoisotopic (exact) mass is 373 g/mol. The Labute approximate surface area is 161 Å². The van der Waals surface area contributed by atoms with E-state index in [-0.39, 0.29) is 18.1 Å². The molecular weight excluding hydrogens is 342 g/mol. The first-order valence-corrected chi connectivity index (χ1v) is 10.3. The van der Waals surface area contributed by atoms with Crippen molar-refractivity contribution in [2.45, 2.75) is 44.2 Å². The van der Waals surface area contributed by atoms with Gasteiger partial charge in [0.1, 0.15) is 6.61 Å². The van der Waals surface area contributed by atoms with Gasteiger partial charge in [0.05, 0.1) is 5.60 Å². The van der Waals surface area contributed by atoms with E-state index in [4.69, 9.17) is 9.47 Å². The fourth-order valence-electron chi connectivity index (χ4n) is 4.69. The lowest BCUT2D eigenvalue weighted by molar-refractivity contribution is -0.182. The number of aromatic nitrogens is 1. The van der Waals surface area contributed by atoms with Crippen molar-refractivity contribution in [3.05, 3.63) is 30.1 Å². The molecule has 6 nitrogen and oxygen atoms in total. The molecule has 27 heavy (non-hydrogen) atoms. The maximum Gasteiger partial charge on any atom is 0.248 e. The van der Waals surface area contributed by atoms with Crippen LogP contribution in [-0.2, 0) is 20.8 Å². The first-order chi connectivity index (χ1) is 13.2. The van der Waals surface area contributed by atoms with Crippen molar-refractivity contribution >= 4 is 5.91 Å². The second-order valence-corrected chi connectivity index (χ2v) is 8.32. The molecule has 3 aliphatic rings. The quantitative estimate of drug-likeness (QED) is 0.685. The average molecular weight is 373 g/mol. The summed E-state index contributed by atoms with van der Waals surface area (Å²) in [7, 11) is 0. The summed E-state index contributed by atoms with van der Waals surface area (Å²) in [5.74, 6) is 0.797. The zero-order valence-electron chi connectivity index (χ0n) is 16.1. The van der Waals surface area contributed by atoms with Crippen molar-refractivity contribution in [1.29, 1.82) is 0 Å². The van der Waals surface area contributed by atoms with E-state index in [1.54, 1.807) is 0 Å². The molecule has 0 saturated carbocycles. The minimum absolute atomic E-state index is 0.0430. The van der Waals surface area contributed by atoms with E-state index in [1.165, 1.54) is 5.56 Å². The van der Waals surface area contributed by atoms with E-state index in [1.807, 2.05) is 17.3 Å². The molecule has 6 heteroatoms. The first kappa shape index (κ1) is 18.8. The van der Waals surface area contributed by atoms with Crippen molar-refractivity contribution in [3.8, 4) is 0 Å². The zero-order chi connectivity index (χ0) is 18.5. The standard InChI is InChI=1S/C21H31N3O3/c25-20(24-9-1-2-10-24)15-26-11-5-18-6-12-27-21(13-18)16-23(17-21)14-19-3-7-22-8-4-19/h3-4,7-8,18H,1-2,5-6,9-17H2. The maximum absolute atomic E-state index is 12.0. The topological polar surface area (TPSA) is 54.9 Å². The molecule has 4 heterocycles. The number of carbonyl (C=O) groups is 1. The van der Waals surface area contributed by atoms with Crippen LogP contribution in [0.3, 0.4) is 0 Å². The minimum Gasteiger partial charge on any atom is -0.372 e. The van der Waals surface area contributed by atoms with Gasteiger partial charge in [-0.25, -0.2) is 0 Å². The summed E-state index contributed by atoms with van der Waals surface area (Å²) in [6, 6.07) is 4.16. The van der Waals surface area contributed by atoms with E-state index in [2.05, 4.69) is 22.0 Å². The molecule has 0 radical (unpaired) electrons. The molecule has 1 amide bonds. The Hall–Kier alpha value is -1.50. The van der Waals surface area contributed by atoms with Crippen LogP contribution in [0.5, 0.6) is 0 Å². The second kappa shape index (κ2) is 8.67. The number of hydrogen-bond donors (Lipinski definition) is 0. The molecule has 0 N–H and O–H groups in total. The van der Waals surface area contributed by atoms with Crippen LogP contribution in [-0.4, -0.2) is 72.3 Å². The molecule has 148 valence electrons. The summed E-state index contributed by atoms with van der Waals surface area (Å²) in [4.78, 5) is 20.5.